The number of carbonyl (C=O) groups excluding carboxylic acids is 2. The lowest BCUT2D eigenvalue weighted by Gasteiger charge is -2.18. The molecule has 0 spiro atoms. The van der Waals surface area contributed by atoms with Crippen LogP contribution in [0.3, 0.4) is 0 Å². The predicted octanol–water partition coefficient (Wildman–Crippen LogP) is 3.47. The number of hydrogen-bond acceptors (Lipinski definition) is 3. The van der Waals surface area contributed by atoms with Crippen molar-refractivity contribution in [2.75, 3.05) is 17.2 Å². The molecule has 2 aromatic rings. The quantitative estimate of drug-likeness (QED) is 0.887. The van der Waals surface area contributed by atoms with E-state index in [4.69, 9.17) is 4.74 Å². The third kappa shape index (κ3) is 3.72. The highest BCUT2D eigenvalue weighted by Gasteiger charge is 2.15. The fourth-order valence-corrected chi connectivity index (χ4v) is 3.60. The van der Waals surface area contributed by atoms with E-state index in [1.54, 1.807) is 6.07 Å². The van der Waals surface area contributed by atoms with E-state index in [2.05, 4.69) is 22.8 Å². The lowest BCUT2D eigenvalue weighted by molar-refractivity contribution is -0.118. The van der Waals surface area contributed by atoms with Crippen LogP contribution in [0.25, 0.3) is 0 Å². The van der Waals surface area contributed by atoms with Crippen LogP contribution in [0, 0.1) is 0 Å². The second kappa shape index (κ2) is 7.20. The van der Waals surface area contributed by atoms with Crippen molar-refractivity contribution in [1.29, 1.82) is 0 Å². The molecule has 26 heavy (non-hydrogen) atoms. The average molecular weight is 350 g/mol. The Hall–Kier alpha value is -2.82. The van der Waals surface area contributed by atoms with E-state index in [0.29, 0.717) is 12.1 Å². The van der Waals surface area contributed by atoms with Gasteiger partial charge < -0.3 is 15.4 Å². The van der Waals surface area contributed by atoms with Gasteiger partial charge in [-0.05, 0) is 73.1 Å². The van der Waals surface area contributed by atoms with E-state index in [1.807, 2.05) is 18.2 Å². The summed E-state index contributed by atoms with van der Waals surface area (Å²) in [6, 6.07) is 11.7. The van der Waals surface area contributed by atoms with Crippen molar-refractivity contribution in [3.8, 4) is 5.75 Å². The Balaban J connectivity index is 1.36. The molecule has 2 amide bonds. The summed E-state index contributed by atoms with van der Waals surface area (Å²) in [7, 11) is 0. The summed E-state index contributed by atoms with van der Waals surface area (Å²) in [6.07, 6.45) is 5.91. The Kier molecular flexibility index (Phi) is 4.61. The van der Waals surface area contributed by atoms with Crippen LogP contribution in [0.1, 0.15) is 36.0 Å². The van der Waals surface area contributed by atoms with E-state index in [1.165, 1.54) is 24.0 Å². The van der Waals surface area contributed by atoms with Crippen molar-refractivity contribution in [1.82, 2.24) is 0 Å². The van der Waals surface area contributed by atoms with Gasteiger partial charge in [0, 0.05) is 17.8 Å². The minimum atomic E-state index is -0.218. The van der Waals surface area contributed by atoms with E-state index < -0.39 is 0 Å². The largest absolute Gasteiger partial charge is 0.484 e. The van der Waals surface area contributed by atoms with Crippen molar-refractivity contribution in [3.05, 3.63) is 53.1 Å². The van der Waals surface area contributed by atoms with Crippen molar-refractivity contribution in [3.63, 3.8) is 0 Å². The standard InChI is InChI=1S/C21H22N2O3/c24-20-10-7-15-5-8-17(12-19(15)23-20)22-21(25)13-26-18-9-6-14-3-1-2-4-16(14)11-18/h5-6,8-9,11-12H,1-4,7,10,13H2,(H,22,25)(H,23,24). The van der Waals surface area contributed by atoms with Crippen LogP contribution in [-0.2, 0) is 28.9 Å². The van der Waals surface area contributed by atoms with Crippen molar-refractivity contribution < 1.29 is 14.3 Å². The molecular weight excluding hydrogens is 328 g/mol. The number of benzene rings is 2. The molecule has 0 radical (unpaired) electrons. The summed E-state index contributed by atoms with van der Waals surface area (Å²) < 4.78 is 5.65. The molecule has 134 valence electrons. The van der Waals surface area contributed by atoms with Gasteiger partial charge in [-0.25, -0.2) is 0 Å². The molecule has 0 unspecified atom stereocenters. The Labute approximate surface area is 152 Å². The van der Waals surface area contributed by atoms with Crippen LogP contribution in [0.4, 0.5) is 11.4 Å². The van der Waals surface area contributed by atoms with Crippen molar-refractivity contribution >= 4 is 23.2 Å². The van der Waals surface area contributed by atoms with Gasteiger partial charge in [-0.1, -0.05) is 12.1 Å². The lowest BCUT2D eigenvalue weighted by atomic mass is 9.92. The Morgan fingerprint density at radius 2 is 1.77 bits per heavy atom. The molecule has 0 aromatic heterocycles. The molecule has 2 N–H and O–H groups in total. The number of carbonyl (C=O) groups is 2. The fourth-order valence-electron chi connectivity index (χ4n) is 3.60. The number of fused-ring (bicyclic) bond motifs is 2. The first-order chi connectivity index (χ1) is 12.7. The minimum Gasteiger partial charge on any atom is -0.484 e. The monoisotopic (exact) mass is 350 g/mol. The van der Waals surface area contributed by atoms with Gasteiger partial charge in [-0.15, -0.1) is 0 Å². The molecule has 0 fully saturated rings. The molecule has 4 rings (SSSR count). The van der Waals surface area contributed by atoms with Gasteiger partial charge in [0.1, 0.15) is 5.75 Å². The maximum Gasteiger partial charge on any atom is 0.262 e. The number of aryl methyl sites for hydroxylation is 3. The normalized spacial score (nSPS) is 15.5. The molecule has 0 atom stereocenters. The number of nitrogens with one attached hydrogen (secondary N) is 2. The molecule has 1 heterocycles. The first kappa shape index (κ1) is 16.6. The topological polar surface area (TPSA) is 67.4 Å². The maximum absolute atomic E-state index is 12.2. The summed E-state index contributed by atoms with van der Waals surface area (Å²) in [5, 5.41) is 5.66. The molecule has 2 aromatic carbocycles. The van der Waals surface area contributed by atoms with E-state index in [-0.39, 0.29) is 18.4 Å². The molecule has 2 aliphatic rings. The van der Waals surface area contributed by atoms with Crippen molar-refractivity contribution in [2.45, 2.75) is 38.5 Å². The number of ether oxygens (including phenoxy) is 1. The Morgan fingerprint density at radius 1 is 0.962 bits per heavy atom. The smallest absolute Gasteiger partial charge is 0.262 e. The zero-order valence-corrected chi connectivity index (χ0v) is 14.6. The highest BCUT2D eigenvalue weighted by molar-refractivity contribution is 5.96. The molecule has 5 heteroatoms. The molecule has 1 aliphatic carbocycles. The predicted molar refractivity (Wildman–Crippen MR) is 101 cm³/mol. The molecular formula is C21H22N2O3. The second-order valence-corrected chi connectivity index (χ2v) is 6.89. The van der Waals surface area contributed by atoms with Crippen LogP contribution in [0.5, 0.6) is 5.75 Å². The van der Waals surface area contributed by atoms with Gasteiger partial charge in [-0.2, -0.15) is 0 Å². The lowest BCUT2D eigenvalue weighted by Crippen LogP contribution is -2.22. The molecule has 5 nitrogen and oxygen atoms in total. The Bertz CT molecular complexity index is 860. The number of anilines is 2. The fraction of sp³-hybridized carbons (Fsp3) is 0.333. The summed E-state index contributed by atoms with van der Waals surface area (Å²) in [6.45, 7) is -0.0395. The van der Waals surface area contributed by atoms with Crippen LogP contribution in [0.2, 0.25) is 0 Å². The number of rotatable bonds is 4. The summed E-state index contributed by atoms with van der Waals surface area (Å²) in [5.74, 6) is 0.528. The zero-order valence-electron chi connectivity index (χ0n) is 14.6. The van der Waals surface area contributed by atoms with Gasteiger partial charge in [-0.3, -0.25) is 9.59 Å². The van der Waals surface area contributed by atoms with Crippen LogP contribution < -0.4 is 15.4 Å². The van der Waals surface area contributed by atoms with Gasteiger partial charge in [0.2, 0.25) is 5.91 Å². The Morgan fingerprint density at radius 3 is 2.65 bits per heavy atom. The van der Waals surface area contributed by atoms with Gasteiger partial charge in [0.15, 0.2) is 6.61 Å². The maximum atomic E-state index is 12.2. The molecule has 0 saturated carbocycles. The SMILES string of the molecule is O=C(COc1ccc2c(c1)CCCC2)Nc1ccc2c(c1)NC(=O)CC2. The molecule has 0 bridgehead atoms. The summed E-state index contributed by atoms with van der Waals surface area (Å²) in [5.41, 5.74) is 5.25. The summed E-state index contributed by atoms with van der Waals surface area (Å²) >= 11 is 0. The van der Waals surface area contributed by atoms with Crippen LogP contribution in [0.15, 0.2) is 36.4 Å². The number of amides is 2. The first-order valence-corrected chi connectivity index (χ1v) is 9.14. The third-order valence-corrected chi connectivity index (χ3v) is 4.98. The van der Waals surface area contributed by atoms with Crippen molar-refractivity contribution in [2.24, 2.45) is 0 Å². The van der Waals surface area contributed by atoms with E-state index >= 15 is 0 Å². The summed E-state index contributed by atoms with van der Waals surface area (Å²) in [4.78, 5) is 23.7. The molecule has 0 saturated heterocycles. The molecule has 1 aliphatic heterocycles. The first-order valence-electron chi connectivity index (χ1n) is 9.14. The highest BCUT2D eigenvalue weighted by Crippen LogP contribution is 2.27. The van der Waals surface area contributed by atoms with Gasteiger partial charge >= 0.3 is 0 Å². The van der Waals surface area contributed by atoms with Gasteiger partial charge in [0.25, 0.3) is 5.91 Å². The highest BCUT2D eigenvalue weighted by atomic mass is 16.5. The zero-order chi connectivity index (χ0) is 17.9. The van der Waals surface area contributed by atoms with E-state index in [9.17, 15) is 9.59 Å². The van der Waals surface area contributed by atoms with E-state index in [0.717, 1.165) is 36.3 Å². The minimum absolute atomic E-state index is 0.0109. The average Bonchev–Trinajstić information content (AvgIpc) is 2.66. The van der Waals surface area contributed by atoms with Gasteiger partial charge in [0.05, 0.1) is 0 Å². The van der Waals surface area contributed by atoms with Crippen LogP contribution in [-0.4, -0.2) is 18.4 Å². The van der Waals surface area contributed by atoms with Crippen LogP contribution >= 0.6 is 0 Å². The number of hydrogen-bond donors (Lipinski definition) is 2. The third-order valence-electron chi connectivity index (χ3n) is 4.98. The second-order valence-electron chi connectivity index (χ2n) is 6.89.